The highest BCUT2D eigenvalue weighted by molar-refractivity contribution is 5.81. The Morgan fingerprint density at radius 2 is 2.00 bits per heavy atom. The summed E-state index contributed by atoms with van der Waals surface area (Å²) in [5.41, 5.74) is 4.25. The van der Waals surface area contributed by atoms with Crippen molar-refractivity contribution in [1.29, 1.82) is 0 Å². The van der Waals surface area contributed by atoms with E-state index in [0.29, 0.717) is 0 Å². The molecule has 0 saturated heterocycles. The van der Waals surface area contributed by atoms with Gasteiger partial charge in [0.2, 0.25) is 0 Å². The number of rotatable bonds is 2. The third-order valence-electron chi connectivity index (χ3n) is 4.19. The molecule has 0 amide bonds. The summed E-state index contributed by atoms with van der Waals surface area (Å²) in [5.74, 6) is 1.64. The minimum Gasteiger partial charge on any atom is -0.346 e. The van der Waals surface area contributed by atoms with Crippen LogP contribution in [-0.4, -0.2) is 9.97 Å². The van der Waals surface area contributed by atoms with Crippen LogP contribution in [0.5, 0.6) is 0 Å². The Bertz CT molecular complexity index is 533. The SMILES string of the molecule is c1cc2c(C3CCC3)c(C3CC3)cnc2[nH]1. The molecule has 2 aliphatic carbocycles. The second-order valence-electron chi connectivity index (χ2n) is 5.27. The molecule has 0 unspecified atom stereocenters. The van der Waals surface area contributed by atoms with E-state index < -0.39 is 0 Å². The number of H-pyrrole nitrogens is 1. The highest BCUT2D eigenvalue weighted by Gasteiger charge is 2.32. The first kappa shape index (κ1) is 8.80. The van der Waals surface area contributed by atoms with Crippen LogP contribution in [-0.2, 0) is 0 Å². The topological polar surface area (TPSA) is 28.7 Å². The van der Waals surface area contributed by atoms with Crippen LogP contribution in [0.2, 0.25) is 0 Å². The maximum absolute atomic E-state index is 4.55. The van der Waals surface area contributed by atoms with Crippen LogP contribution in [0, 0.1) is 0 Å². The number of hydrogen-bond acceptors (Lipinski definition) is 1. The number of fused-ring (bicyclic) bond motifs is 1. The molecule has 2 heterocycles. The van der Waals surface area contributed by atoms with Gasteiger partial charge in [-0.3, -0.25) is 0 Å². The first-order valence-corrected chi connectivity index (χ1v) is 6.39. The Hall–Kier alpha value is -1.31. The third-order valence-corrected chi connectivity index (χ3v) is 4.19. The number of nitrogens with zero attached hydrogens (tertiary/aromatic N) is 1. The highest BCUT2D eigenvalue weighted by atomic mass is 14.8. The third kappa shape index (κ3) is 1.16. The van der Waals surface area contributed by atoms with Crippen LogP contribution in [0.4, 0.5) is 0 Å². The fourth-order valence-electron chi connectivity index (χ4n) is 2.92. The minimum atomic E-state index is 0.817. The van der Waals surface area contributed by atoms with Gasteiger partial charge in [0.25, 0.3) is 0 Å². The minimum absolute atomic E-state index is 0.817. The van der Waals surface area contributed by atoms with Gasteiger partial charge >= 0.3 is 0 Å². The van der Waals surface area contributed by atoms with Crippen LogP contribution < -0.4 is 0 Å². The highest BCUT2D eigenvalue weighted by Crippen LogP contribution is 2.48. The van der Waals surface area contributed by atoms with Crippen molar-refractivity contribution in [1.82, 2.24) is 9.97 Å². The molecule has 2 saturated carbocycles. The van der Waals surface area contributed by atoms with Crippen molar-refractivity contribution in [2.75, 3.05) is 0 Å². The summed E-state index contributed by atoms with van der Waals surface area (Å²) in [5, 5.41) is 1.38. The van der Waals surface area contributed by atoms with E-state index in [9.17, 15) is 0 Å². The normalized spacial score (nSPS) is 21.2. The molecule has 2 aromatic rings. The second kappa shape index (κ2) is 3.09. The Kier molecular flexibility index (Phi) is 1.70. The Balaban J connectivity index is 1.96. The molecule has 2 fully saturated rings. The molecule has 4 rings (SSSR count). The lowest BCUT2D eigenvalue weighted by molar-refractivity contribution is 0.419. The summed E-state index contributed by atoms with van der Waals surface area (Å²) < 4.78 is 0. The number of nitrogens with one attached hydrogen (secondary N) is 1. The van der Waals surface area contributed by atoms with Crippen molar-refractivity contribution in [3.05, 3.63) is 29.6 Å². The maximum atomic E-state index is 4.55. The molecule has 82 valence electrons. The average Bonchev–Trinajstić information content (AvgIpc) is 2.94. The van der Waals surface area contributed by atoms with E-state index in [4.69, 9.17) is 0 Å². The van der Waals surface area contributed by atoms with Gasteiger partial charge in [-0.1, -0.05) is 6.42 Å². The molecule has 0 spiro atoms. The molecule has 0 aromatic carbocycles. The number of hydrogen-bond donors (Lipinski definition) is 1. The van der Waals surface area contributed by atoms with Crippen LogP contribution in [0.15, 0.2) is 18.5 Å². The van der Waals surface area contributed by atoms with E-state index in [1.165, 1.54) is 37.5 Å². The molecule has 0 radical (unpaired) electrons. The molecule has 0 aliphatic heterocycles. The summed E-state index contributed by atoms with van der Waals surface area (Å²) in [6, 6.07) is 2.21. The molecular formula is C14H16N2. The van der Waals surface area contributed by atoms with Gasteiger partial charge in [-0.25, -0.2) is 4.98 Å². The van der Waals surface area contributed by atoms with Gasteiger partial charge in [0.05, 0.1) is 0 Å². The molecule has 2 heteroatoms. The van der Waals surface area contributed by atoms with Gasteiger partial charge in [-0.05, 0) is 54.7 Å². The lowest BCUT2D eigenvalue weighted by Crippen LogP contribution is -2.11. The molecule has 2 aliphatic rings. The Morgan fingerprint density at radius 1 is 1.12 bits per heavy atom. The molecule has 2 nitrogen and oxygen atoms in total. The number of aromatic amines is 1. The quantitative estimate of drug-likeness (QED) is 0.807. The van der Waals surface area contributed by atoms with Crippen molar-refractivity contribution >= 4 is 11.0 Å². The van der Waals surface area contributed by atoms with Crippen molar-refractivity contribution in [2.24, 2.45) is 0 Å². The summed E-state index contributed by atoms with van der Waals surface area (Å²) in [6.07, 6.45) is 11.1. The first-order chi connectivity index (χ1) is 7.93. The van der Waals surface area contributed by atoms with Gasteiger partial charge in [-0.2, -0.15) is 0 Å². The van der Waals surface area contributed by atoms with Crippen molar-refractivity contribution in [3.8, 4) is 0 Å². The monoisotopic (exact) mass is 212 g/mol. The van der Waals surface area contributed by atoms with Gasteiger partial charge in [-0.15, -0.1) is 0 Å². The first-order valence-electron chi connectivity index (χ1n) is 6.39. The van der Waals surface area contributed by atoms with E-state index in [1.54, 1.807) is 11.1 Å². The summed E-state index contributed by atoms with van der Waals surface area (Å²) in [4.78, 5) is 7.79. The van der Waals surface area contributed by atoms with Crippen LogP contribution in [0.25, 0.3) is 11.0 Å². The van der Waals surface area contributed by atoms with E-state index in [0.717, 1.165) is 17.5 Å². The zero-order valence-corrected chi connectivity index (χ0v) is 9.37. The average molecular weight is 212 g/mol. The van der Waals surface area contributed by atoms with E-state index in [-0.39, 0.29) is 0 Å². The summed E-state index contributed by atoms with van der Waals surface area (Å²) in [7, 11) is 0. The zero-order chi connectivity index (χ0) is 10.5. The predicted molar refractivity (Wildman–Crippen MR) is 64.7 cm³/mol. The molecule has 1 N–H and O–H groups in total. The van der Waals surface area contributed by atoms with Crippen LogP contribution in [0.1, 0.15) is 55.1 Å². The van der Waals surface area contributed by atoms with Crippen LogP contribution in [0.3, 0.4) is 0 Å². The number of aromatic nitrogens is 2. The van der Waals surface area contributed by atoms with E-state index in [1.807, 2.05) is 6.20 Å². The Morgan fingerprint density at radius 3 is 2.69 bits per heavy atom. The lowest BCUT2D eigenvalue weighted by Gasteiger charge is -2.28. The predicted octanol–water partition coefficient (Wildman–Crippen LogP) is 3.71. The fraction of sp³-hybridized carbons (Fsp3) is 0.500. The molecular weight excluding hydrogens is 196 g/mol. The molecule has 2 aromatic heterocycles. The summed E-state index contributed by atoms with van der Waals surface area (Å²) in [6.45, 7) is 0. The zero-order valence-electron chi connectivity index (χ0n) is 9.37. The van der Waals surface area contributed by atoms with Crippen molar-refractivity contribution in [3.63, 3.8) is 0 Å². The smallest absolute Gasteiger partial charge is 0.137 e. The standard InChI is InChI=1S/C14H16N2/c1-2-10(3-1)13-11-6-7-15-14(11)16-8-12(13)9-4-5-9/h6-10H,1-5H2,(H,15,16). The van der Waals surface area contributed by atoms with Gasteiger partial charge in [0.15, 0.2) is 0 Å². The lowest BCUT2D eigenvalue weighted by atomic mass is 9.77. The fourth-order valence-corrected chi connectivity index (χ4v) is 2.92. The summed E-state index contributed by atoms with van der Waals surface area (Å²) >= 11 is 0. The molecule has 16 heavy (non-hydrogen) atoms. The molecule has 0 atom stereocenters. The van der Waals surface area contributed by atoms with Crippen LogP contribution >= 0.6 is 0 Å². The van der Waals surface area contributed by atoms with Gasteiger partial charge < -0.3 is 4.98 Å². The van der Waals surface area contributed by atoms with E-state index in [2.05, 4.69) is 22.2 Å². The number of pyridine rings is 1. The van der Waals surface area contributed by atoms with Crippen molar-refractivity contribution < 1.29 is 0 Å². The van der Waals surface area contributed by atoms with E-state index >= 15 is 0 Å². The van der Waals surface area contributed by atoms with Gasteiger partial charge in [0, 0.05) is 17.8 Å². The Labute approximate surface area is 95.1 Å². The van der Waals surface area contributed by atoms with Gasteiger partial charge in [0.1, 0.15) is 5.65 Å². The molecule has 0 bridgehead atoms. The largest absolute Gasteiger partial charge is 0.346 e. The van der Waals surface area contributed by atoms with Crippen molar-refractivity contribution in [2.45, 2.75) is 43.9 Å². The second-order valence-corrected chi connectivity index (χ2v) is 5.27. The maximum Gasteiger partial charge on any atom is 0.137 e.